The number of carbonyl (C=O) groups excluding carboxylic acids is 1. The lowest BCUT2D eigenvalue weighted by molar-refractivity contribution is -0.139. The van der Waals surface area contributed by atoms with Crippen LogP contribution in [-0.4, -0.2) is 12.1 Å². The van der Waals surface area contributed by atoms with Crippen LogP contribution in [0.5, 0.6) is 0 Å². The number of hydrogen-bond donors (Lipinski definition) is 0. The first-order chi connectivity index (χ1) is 8.02. The first kappa shape index (κ1) is 11.1. The molecule has 0 amide bonds. The van der Waals surface area contributed by atoms with Crippen LogP contribution >= 0.6 is 0 Å². The molecule has 0 spiro atoms. The topological polar surface area (TPSA) is 26.3 Å². The Hall–Kier alpha value is -1.05. The van der Waals surface area contributed by atoms with E-state index in [9.17, 15) is 4.79 Å². The van der Waals surface area contributed by atoms with Gasteiger partial charge in [-0.15, -0.1) is 0 Å². The third-order valence-corrected chi connectivity index (χ3v) is 5.29. The molecule has 3 aliphatic rings. The van der Waals surface area contributed by atoms with Gasteiger partial charge in [-0.05, 0) is 30.6 Å². The maximum Gasteiger partial charge on any atom is 0.334 e. The van der Waals surface area contributed by atoms with Crippen molar-refractivity contribution < 1.29 is 9.53 Å². The van der Waals surface area contributed by atoms with E-state index in [0.717, 1.165) is 12.8 Å². The van der Waals surface area contributed by atoms with Crippen LogP contribution in [0.1, 0.15) is 39.5 Å². The zero-order valence-electron chi connectivity index (χ0n) is 10.7. The first-order valence-electron chi connectivity index (χ1n) is 6.61. The Morgan fingerprint density at radius 3 is 3.06 bits per heavy atom. The summed E-state index contributed by atoms with van der Waals surface area (Å²) < 4.78 is 5.43. The van der Waals surface area contributed by atoms with Gasteiger partial charge in [0.2, 0.25) is 0 Å². The van der Waals surface area contributed by atoms with Gasteiger partial charge in [0, 0.05) is 17.9 Å². The molecule has 0 unspecified atom stereocenters. The fourth-order valence-electron chi connectivity index (χ4n) is 3.81. The highest BCUT2D eigenvalue weighted by Gasteiger charge is 2.51. The molecule has 2 aliphatic carbocycles. The van der Waals surface area contributed by atoms with Crippen LogP contribution < -0.4 is 0 Å². The van der Waals surface area contributed by atoms with Crippen LogP contribution in [0.15, 0.2) is 23.8 Å². The van der Waals surface area contributed by atoms with E-state index in [-0.39, 0.29) is 23.4 Å². The lowest BCUT2D eigenvalue weighted by Crippen LogP contribution is -2.40. The molecule has 4 atom stereocenters. The van der Waals surface area contributed by atoms with Crippen LogP contribution in [-0.2, 0) is 9.53 Å². The summed E-state index contributed by atoms with van der Waals surface area (Å²) in [5, 5.41) is 0. The molecule has 0 radical (unpaired) electrons. The Kier molecular flexibility index (Phi) is 2.26. The maximum atomic E-state index is 11.6. The predicted molar refractivity (Wildman–Crippen MR) is 66.3 cm³/mol. The number of fused-ring (bicyclic) bond motifs is 2. The molecule has 0 aromatic carbocycles. The summed E-state index contributed by atoms with van der Waals surface area (Å²) in [5.41, 5.74) is 2.48. The number of ether oxygens (including phenoxy) is 1. The minimum Gasteiger partial charge on any atom is -0.458 e. The highest BCUT2D eigenvalue weighted by atomic mass is 16.6. The molecule has 1 saturated carbocycles. The Morgan fingerprint density at radius 1 is 1.53 bits per heavy atom. The average Bonchev–Trinajstić information content (AvgIpc) is 2.55. The number of rotatable bonds is 0. The fraction of sp³-hybridized carbons (Fsp3) is 0.667. The largest absolute Gasteiger partial charge is 0.458 e. The van der Waals surface area contributed by atoms with Gasteiger partial charge in [0.25, 0.3) is 0 Å². The highest BCUT2D eigenvalue weighted by molar-refractivity contribution is 5.91. The second-order valence-electron chi connectivity index (χ2n) is 6.11. The molecule has 0 bridgehead atoms. The number of hydrogen-bond acceptors (Lipinski definition) is 2. The summed E-state index contributed by atoms with van der Waals surface area (Å²) in [5.74, 6) is 0.785. The van der Waals surface area contributed by atoms with Crippen molar-refractivity contribution in [1.82, 2.24) is 0 Å². The SMILES string of the molecule is C=C1C(=O)O[C@@H]2CC3=CCC[C@H](C)[C@@]3(C)C[C@H]12. The highest BCUT2D eigenvalue weighted by Crippen LogP contribution is 2.55. The third kappa shape index (κ3) is 1.42. The molecule has 2 nitrogen and oxygen atoms in total. The second kappa shape index (κ2) is 3.47. The standard InChI is InChI=1S/C15H20O2/c1-9-5-4-6-11-7-13-12(8-15(9,11)3)10(2)14(16)17-13/h6,9,12-13H,2,4-5,7-8H2,1,3H3/t9-,12+,13+,15+/m0/s1. The van der Waals surface area contributed by atoms with Gasteiger partial charge in [0.1, 0.15) is 6.10 Å². The molecule has 1 aliphatic heterocycles. The van der Waals surface area contributed by atoms with Gasteiger partial charge < -0.3 is 4.74 Å². The molecule has 3 rings (SSSR count). The first-order valence-corrected chi connectivity index (χ1v) is 6.61. The Morgan fingerprint density at radius 2 is 2.29 bits per heavy atom. The normalized spacial score (nSPS) is 44.8. The zero-order valence-corrected chi connectivity index (χ0v) is 10.7. The van der Waals surface area contributed by atoms with E-state index in [1.807, 2.05) is 0 Å². The van der Waals surface area contributed by atoms with E-state index in [1.165, 1.54) is 18.4 Å². The summed E-state index contributed by atoms with van der Waals surface area (Å²) >= 11 is 0. The minimum absolute atomic E-state index is 0.0691. The smallest absolute Gasteiger partial charge is 0.334 e. The van der Waals surface area contributed by atoms with Crippen molar-refractivity contribution in [2.45, 2.75) is 45.6 Å². The summed E-state index contributed by atoms with van der Waals surface area (Å²) in [4.78, 5) is 11.6. The van der Waals surface area contributed by atoms with Crippen molar-refractivity contribution in [3.8, 4) is 0 Å². The Bertz CT molecular complexity index is 421. The molecular weight excluding hydrogens is 212 g/mol. The molecule has 2 heteroatoms. The molecule has 0 N–H and O–H groups in total. The van der Waals surface area contributed by atoms with Crippen LogP contribution in [0.2, 0.25) is 0 Å². The van der Waals surface area contributed by atoms with Crippen LogP contribution in [0.25, 0.3) is 0 Å². The van der Waals surface area contributed by atoms with Crippen molar-refractivity contribution in [2.75, 3.05) is 0 Å². The van der Waals surface area contributed by atoms with Gasteiger partial charge in [-0.1, -0.05) is 32.1 Å². The minimum atomic E-state index is -0.171. The maximum absolute atomic E-state index is 11.6. The third-order valence-electron chi connectivity index (χ3n) is 5.29. The van der Waals surface area contributed by atoms with Gasteiger partial charge in [0.05, 0.1) is 0 Å². The van der Waals surface area contributed by atoms with Gasteiger partial charge in [-0.2, -0.15) is 0 Å². The van der Waals surface area contributed by atoms with Gasteiger partial charge in [-0.25, -0.2) is 4.79 Å². The summed E-state index contributed by atoms with van der Waals surface area (Å²) in [6, 6.07) is 0. The van der Waals surface area contributed by atoms with Crippen molar-refractivity contribution in [2.24, 2.45) is 17.3 Å². The molecule has 1 saturated heterocycles. The summed E-state index contributed by atoms with van der Waals surface area (Å²) in [6.07, 6.45) is 6.85. The monoisotopic (exact) mass is 232 g/mol. The molecular formula is C15H20O2. The lowest BCUT2D eigenvalue weighted by Gasteiger charge is -2.47. The van der Waals surface area contributed by atoms with E-state index < -0.39 is 0 Å². The molecule has 2 fully saturated rings. The van der Waals surface area contributed by atoms with E-state index in [1.54, 1.807) is 0 Å². The molecule has 0 aromatic heterocycles. The van der Waals surface area contributed by atoms with Gasteiger partial charge >= 0.3 is 5.97 Å². The summed E-state index contributed by atoms with van der Waals surface area (Å²) in [6.45, 7) is 8.62. The van der Waals surface area contributed by atoms with E-state index in [4.69, 9.17) is 4.74 Å². The number of carbonyl (C=O) groups is 1. The Labute approximate surface area is 103 Å². The van der Waals surface area contributed by atoms with E-state index in [2.05, 4.69) is 26.5 Å². The van der Waals surface area contributed by atoms with E-state index >= 15 is 0 Å². The van der Waals surface area contributed by atoms with Crippen molar-refractivity contribution >= 4 is 5.97 Å². The lowest BCUT2D eigenvalue weighted by atomic mass is 9.57. The number of esters is 1. The predicted octanol–water partition coefficient (Wildman–Crippen LogP) is 3.24. The molecule has 17 heavy (non-hydrogen) atoms. The van der Waals surface area contributed by atoms with Crippen molar-refractivity contribution in [3.05, 3.63) is 23.8 Å². The summed E-state index contributed by atoms with van der Waals surface area (Å²) in [7, 11) is 0. The zero-order chi connectivity index (χ0) is 12.2. The average molecular weight is 232 g/mol. The van der Waals surface area contributed by atoms with Crippen LogP contribution in [0.3, 0.4) is 0 Å². The van der Waals surface area contributed by atoms with Crippen LogP contribution in [0.4, 0.5) is 0 Å². The van der Waals surface area contributed by atoms with Gasteiger partial charge in [-0.3, -0.25) is 0 Å². The van der Waals surface area contributed by atoms with Crippen LogP contribution in [0, 0.1) is 17.3 Å². The van der Waals surface area contributed by atoms with Crippen molar-refractivity contribution in [1.29, 1.82) is 0 Å². The Balaban J connectivity index is 1.96. The molecule has 0 aromatic rings. The molecule has 1 heterocycles. The quantitative estimate of drug-likeness (QED) is 0.364. The van der Waals surface area contributed by atoms with E-state index in [0.29, 0.717) is 11.5 Å². The number of allylic oxidation sites excluding steroid dienone is 1. The molecule has 92 valence electrons. The van der Waals surface area contributed by atoms with Gasteiger partial charge in [0.15, 0.2) is 0 Å². The second-order valence-corrected chi connectivity index (χ2v) is 6.11. The fourth-order valence-corrected chi connectivity index (χ4v) is 3.81. The van der Waals surface area contributed by atoms with Crippen molar-refractivity contribution in [3.63, 3.8) is 0 Å².